The Morgan fingerprint density at radius 1 is 1.21 bits per heavy atom. The van der Waals surface area contributed by atoms with Crippen LogP contribution in [0.25, 0.3) is 0 Å². The van der Waals surface area contributed by atoms with E-state index in [9.17, 15) is 4.79 Å². The van der Waals surface area contributed by atoms with Crippen LogP contribution in [0.15, 0.2) is 12.1 Å². The summed E-state index contributed by atoms with van der Waals surface area (Å²) in [5, 5.41) is 14.5. The van der Waals surface area contributed by atoms with Gasteiger partial charge in [-0.15, -0.1) is 10.2 Å². The number of benzene rings is 1. The number of rotatable bonds is 3. The van der Waals surface area contributed by atoms with Crippen molar-refractivity contribution in [2.75, 3.05) is 17.7 Å². The van der Waals surface area contributed by atoms with Gasteiger partial charge in [-0.1, -0.05) is 46.1 Å². The van der Waals surface area contributed by atoms with E-state index in [-0.39, 0.29) is 15.1 Å². The summed E-state index contributed by atoms with van der Waals surface area (Å²) in [5.74, 6) is -0.440. The normalized spacial score (nSPS) is 10.3. The van der Waals surface area contributed by atoms with Crippen LogP contribution < -0.4 is 10.6 Å². The Balaban J connectivity index is 2.24. The zero-order valence-corrected chi connectivity index (χ0v) is 12.6. The van der Waals surface area contributed by atoms with Crippen molar-refractivity contribution in [1.29, 1.82) is 0 Å². The zero-order chi connectivity index (χ0) is 14.0. The van der Waals surface area contributed by atoms with Crippen LogP contribution in [0.5, 0.6) is 0 Å². The van der Waals surface area contributed by atoms with Gasteiger partial charge in [0.25, 0.3) is 5.91 Å². The Hall–Kier alpha value is -1.08. The molecule has 5 nitrogen and oxygen atoms in total. The first-order valence-electron chi connectivity index (χ1n) is 4.98. The smallest absolute Gasteiger partial charge is 0.286 e. The van der Waals surface area contributed by atoms with Crippen molar-refractivity contribution in [2.45, 2.75) is 0 Å². The first-order chi connectivity index (χ1) is 9.01. The minimum Gasteiger partial charge on any atom is -0.363 e. The Bertz CT molecular complexity index is 608. The van der Waals surface area contributed by atoms with Crippen LogP contribution in [0.3, 0.4) is 0 Å². The Kier molecular flexibility index (Phi) is 4.46. The van der Waals surface area contributed by atoms with Crippen molar-refractivity contribution in [3.8, 4) is 0 Å². The molecule has 0 unspecified atom stereocenters. The number of nitrogens with one attached hydrogen (secondary N) is 2. The molecule has 0 radical (unpaired) electrons. The van der Waals surface area contributed by atoms with Gasteiger partial charge in [0, 0.05) is 12.1 Å². The molecule has 0 spiro atoms. The topological polar surface area (TPSA) is 66.9 Å². The molecule has 2 rings (SSSR count). The molecule has 2 N–H and O–H groups in total. The molecule has 0 bridgehead atoms. The molecule has 0 aliphatic rings. The molecular weight excluding hydrogens is 331 g/mol. The second kappa shape index (κ2) is 5.92. The van der Waals surface area contributed by atoms with Crippen molar-refractivity contribution in [1.82, 2.24) is 10.2 Å². The van der Waals surface area contributed by atoms with Gasteiger partial charge in [0.15, 0.2) is 0 Å². The van der Waals surface area contributed by atoms with Crippen LogP contribution in [0.4, 0.5) is 10.8 Å². The van der Waals surface area contributed by atoms with Gasteiger partial charge in [0.2, 0.25) is 10.1 Å². The van der Waals surface area contributed by atoms with Crippen molar-refractivity contribution >= 4 is 62.9 Å². The highest BCUT2D eigenvalue weighted by Crippen LogP contribution is 2.34. The predicted octanol–water partition coefficient (Wildman–Crippen LogP) is 3.79. The van der Waals surface area contributed by atoms with Crippen LogP contribution in [0.1, 0.15) is 9.80 Å². The van der Waals surface area contributed by atoms with E-state index in [1.165, 1.54) is 12.1 Å². The number of aromatic nitrogens is 2. The highest BCUT2D eigenvalue weighted by molar-refractivity contribution is 7.17. The maximum absolute atomic E-state index is 12.0. The maximum Gasteiger partial charge on any atom is 0.286 e. The molecule has 1 amide bonds. The lowest BCUT2D eigenvalue weighted by molar-refractivity contribution is 0.102. The number of amides is 1. The predicted molar refractivity (Wildman–Crippen MR) is 78.9 cm³/mol. The van der Waals surface area contributed by atoms with E-state index in [4.69, 9.17) is 34.8 Å². The molecule has 0 atom stereocenters. The van der Waals surface area contributed by atoms with Crippen LogP contribution in [0.2, 0.25) is 15.1 Å². The molecule has 0 aliphatic carbocycles. The number of carbonyl (C=O) groups is 1. The Morgan fingerprint density at radius 3 is 2.37 bits per heavy atom. The van der Waals surface area contributed by atoms with E-state index in [1.54, 1.807) is 7.05 Å². The summed E-state index contributed by atoms with van der Waals surface area (Å²) < 4.78 is 0. The van der Waals surface area contributed by atoms with Gasteiger partial charge in [-0.2, -0.15) is 0 Å². The second-order valence-corrected chi connectivity index (χ2v) is 5.59. The van der Waals surface area contributed by atoms with E-state index >= 15 is 0 Å². The molecule has 0 saturated heterocycles. The van der Waals surface area contributed by atoms with Gasteiger partial charge in [0.1, 0.15) is 0 Å². The minimum absolute atomic E-state index is 0.200. The Morgan fingerprint density at radius 2 is 1.84 bits per heavy atom. The van der Waals surface area contributed by atoms with Gasteiger partial charge in [-0.05, 0) is 12.1 Å². The maximum atomic E-state index is 12.0. The standard InChI is InChI=1S/C10H7Cl3N4OS/c1-14-10-17-16-9(19-10)8(18)15-7-5(12)2-4(11)3-6(7)13/h2-3H,1H3,(H,14,17)(H,15,18). The molecule has 2 aromatic rings. The lowest BCUT2D eigenvalue weighted by Crippen LogP contribution is -2.12. The summed E-state index contributed by atoms with van der Waals surface area (Å²) >= 11 is 18.8. The van der Waals surface area contributed by atoms with Gasteiger partial charge >= 0.3 is 0 Å². The Labute approximate surface area is 127 Å². The van der Waals surface area contributed by atoms with E-state index in [0.29, 0.717) is 15.8 Å². The van der Waals surface area contributed by atoms with Gasteiger partial charge in [-0.3, -0.25) is 4.79 Å². The number of anilines is 2. The second-order valence-electron chi connectivity index (χ2n) is 3.36. The van der Waals surface area contributed by atoms with E-state index in [2.05, 4.69) is 20.8 Å². The van der Waals surface area contributed by atoms with Crippen LogP contribution >= 0.6 is 46.1 Å². The molecule has 1 heterocycles. The van der Waals surface area contributed by atoms with Crippen LogP contribution in [0, 0.1) is 0 Å². The number of halogens is 3. The van der Waals surface area contributed by atoms with E-state index < -0.39 is 5.91 Å². The molecule has 0 aliphatic heterocycles. The largest absolute Gasteiger partial charge is 0.363 e. The van der Waals surface area contributed by atoms with E-state index in [0.717, 1.165) is 11.3 Å². The van der Waals surface area contributed by atoms with E-state index in [1.807, 2.05) is 0 Å². The van der Waals surface area contributed by atoms with Gasteiger partial charge < -0.3 is 10.6 Å². The lowest BCUT2D eigenvalue weighted by atomic mass is 10.3. The first kappa shape index (κ1) is 14.3. The first-order valence-corrected chi connectivity index (χ1v) is 6.93. The highest BCUT2D eigenvalue weighted by Gasteiger charge is 2.16. The SMILES string of the molecule is CNc1nnc(C(=O)Nc2c(Cl)cc(Cl)cc2Cl)s1. The highest BCUT2D eigenvalue weighted by atomic mass is 35.5. The van der Waals surface area contributed by atoms with Crippen LogP contribution in [-0.2, 0) is 0 Å². The zero-order valence-electron chi connectivity index (χ0n) is 9.50. The van der Waals surface area contributed by atoms with Gasteiger partial charge in [0.05, 0.1) is 15.7 Å². The minimum atomic E-state index is -0.440. The lowest BCUT2D eigenvalue weighted by Gasteiger charge is -2.08. The summed E-state index contributed by atoms with van der Waals surface area (Å²) in [7, 11) is 1.69. The average Bonchev–Trinajstić information content (AvgIpc) is 2.82. The van der Waals surface area contributed by atoms with Crippen molar-refractivity contribution < 1.29 is 4.79 Å². The monoisotopic (exact) mass is 336 g/mol. The number of nitrogens with zero attached hydrogens (tertiary/aromatic N) is 2. The number of hydrogen-bond donors (Lipinski definition) is 2. The summed E-state index contributed by atoms with van der Waals surface area (Å²) in [5.41, 5.74) is 0.291. The fourth-order valence-electron chi connectivity index (χ4n) is 1.24. The number of hydrogen-bond acceptors (Lipinski definition) is 5. The summed E-state index contributed by atoms with van der Waals surface area (Å²) in [6, 6.07) is 2.98. The molecule has 1 aromatic heterocycles. The van der Waals surface area contributed by atoms with Crippen molar-refractivity contribution in [2.24, 2.45) is 0 Å². The fourth-order valence-corrected chi connectivity index (χ4v) is 2.75. The third-order valence-corrected chi connectivity index (χ3v) is 3.83. The van der Waals surface area contributed by atoms with Crippen molar-refractivity contribution in [3.05, 3.63) is 32.2 Å². The summed E-state index contributed by atoms with van der Waals surface area (Å²) in [4.78, 5) is 12.0. The molecule has 1 aromatic carbocycles. The van der Waals surface area contributed by atoms with Gasteiger partial charge in [-0.25, -0.2) is 0 Å². The third kappa shape index (κ3) is 3.27. The van der Waals surface area contributed by atoms with Crippen LogP contribution in [-0.4, -0.2) is 23.2 Å². The molecule has 0 fully saturated rings. The molecular formula is C10H7Cl3N4OS. The fraction of sp³-hybridized carbons (Fsp3) is 0.100. The summed E-state index contributed by atoms with van der Waals surface area (Å²) in [6.07, 6.45) is 0. The average molecular weight is 338 g/mol. The molecule has 100 valence electrons. The number of carbonyl (C=O) groups excluding carboxylic acids is 1. The molecule has 0 saturated carbocycles. The molecule has 19 heavy (non-hydrogen) atoms. The third-order valence-electron chi connectivity index (χ3n) is 2.08. The molecule has 9 heteroatoms. The quantitative estimate of drug-likeness (QED) is 0.894. The summed E-state index contributed by atoms with van der Waals surface area (Å²) in [6.45, 7) is 0. The van der Waals surface area contributed by atoms with Crippen molar-refractivity contribution in [3.63, 3.8) is 0 Å².